The van der Waals surface area contributed by atoms with Gasteiger partial charge in [0, 0.05) is 13.1 Å². The molecule has 1 aliphatic heterocycles. The predicted molar refractivity (Wildman–Crippen MR) is 113 cm³/mol. The van der Waals surface area contributed by atoms with Gasteiger partial charge in [0.25, 0.3) is 0 Å². The number of methoxy groups -OCH3 is 1. The Morgan fingerprint density at radius 2 is 1.68 bits per heavy atom. The van der Waals surface area contributed by atoms with Crippen molar-refractivity contribution in [2.45, 2.75) is 56.3 Å². The molecule has 0 bridgehead atoms. The normalized spacial score (nSPS) is 16.2. The van der Waals surface area contributed by atoms with E-state index in [1.54, 1.807) is 23.5 Å². The van der Waals surface area contributed by atoms with E-state index in [9.17, 15) is 8.42 Å². The third-order valence-electron chi connectivity index (χ3n) is 5.66. The quantitative estimate of drug-likeness (QED) is 0.585. The van der Waals surface area contributed by atoms with Crippen LogP contribution in [0.25, 0.3) is 0 Å². The molecule has 1 saturated heterocycles. The highest BCUT2D eigenvalue weighted by Gasteiger charge is 2.30. The molecule has 0 spiro atoms. The van der Waals surface area contributed by atoms with Crippen LogP contribution in [0.4, 0.5) is 0 Å². The highest BCUT2D eigenvalue weighted by atomic mass is 32.2. The van der Waals surface area contributed by atoms with E-state index in [2.05, 4.69) is 13.0 Å². The van der Waals surface area contributed by atoms with Crippen LogP contribution in [0.3, 0.4) is 0 Å². The van der Waals surface area contributed by atoms with Crippen molar-refractivity contribution < 1.29 is 13.2 Å². The second-order valence-corrected chi connectivity index (χ2v) is 9.46. The Balaban J connectivity index is 1.64. The number of para-hydroxylation sites is 1. The first-order valence-corrected chi connectivity index (χ1v) is 11.7. The van der Waals surface area contributed by atoms with Crippen molar-refractivity contribution in [2.24, 2.45) is 0 Å². The fourth-order valence-corrected chi connectivity index (χ4v) is 5.44. The molecule has 0 saturated carbocycles. The molecule has 2 aromatic rings. The zero-order valence-corrected chi connectivity index (χ0v) is 17.7. The molecule has 3 rings (SSSR count). The monoisotopic (exact) mass is 401 g/mol. The first-order chi connectivity index (χ1) is 13.6. The molecule has 0 amide bonds. The van der Waals surface area contributed by atoms with Crippen molar-refractivity contribution in [3.8, 4) is 5.75 Å². The number of hydrogen-bond donors (Lipinski definition) is 0. The lowest BCUT2D eigenvalue weighted by Crippen LogP contribution is -2.37. The molecular formula is C23H31NO3S. The van der Waals surface area contributed by atoms with Gasteiger partial charge in [0.2, 0.25) is 10.0 Å². The van der Waals surface area contributed by atoms with Gasteiger partial charge >= 0.3 is 0 Å². The maximum Gasteiger partial charge on any atom is 0.243 e. The number of benzene rings is 2. The molecule has 1 fully saturated rings. The number of ether oxygens (including phenoxy) is 1. The van der Waals surface area contributed by atoms with Crippen molar-refractivity contribution >= 4 is 10.0 Å². The van der Waals surface area contributed by atoms with E-state index in [0.717, 1.165) is 31.4 Å². The second-order valence-electron chi connectivity index (χ2n) is 7.52. The number of hydrogen-bond acceptors (Lipinski definition) is 3. The van der Waals surface area contributed by atoms with Crippen LogP contribution in [0, 0.1) is 0 Å². The molecule has 2 aromatic carbocycles. The summed E-state index contributed by atoms with van der Waals surface area (Å²) in [7, 11) is -1.74. The zero-order chi connectivity index (χ0) is 20.0. The van der Waals surface area contributed by atoms with Crippen LogP contribution in [-0.4, -0.2) is 32.9 Å². The Morgan fingerprint density at radius 3 is 2.32 bits per heavy atom. The zero-order valence-electron chi connectivity index (χ0n) is 16.9. The van der Waals surface area contributed by atoms with Crippen LogP contribution in [0.5, 0.6) is 5.75 Å². The van der Waals surface area contributed by atoms with E-state index in [1.807, 2.05) is 30.3 Å². The topological polar surface area (TPSA) is 46.6 Å². The maximum absolute atomic E-state index is 13.0. The predicted octanol–water partition coefficient (Wildman–Crippen LogP) is 5.00. The Hall–Kier alpha value is -1.85. The van der Waals surface area contributed by atoms with Crippen molar-refractivity contribution in [3.05, 3.63) is 59.7 Å². The molecule has 0 N–H and O–H groups in total. The summed E-state index contributed by atoms with van der Waals surface area (Å²) in [5.74, 6) is 1.23. The largest absolute Gasteiger partial charge is 0.496 e. The Bertz CT molecular complexity index is 854. The Morgan fingerprint density at radius 1 is 1.00 bits per heavy atom. The third-order valence-corrected chi connectivity index (χ3v) is 7.58. The van der Waals surface area contributed by atoms with Gasteiger partial charge in [-0.15, -0.1) is 0 Å². The van der Waals surface area contributed by atoms with Gasteiger partial charge in [-0.25, -0.2) is 8.42 Å². The number of sulfonamides is 1. The van der Waals surface area contributed by atoms with Gasteiger partial charge in [0.05, 0.1) is 12.0 Å². The summed E-state index contributed by atoms with van der Waals surface area (Å²) in [6.45, 7) is 3.28. The molecule has 5 heteroatoms. The van der Waals surface area contributed by atoms with E-state index >= 15 is 0 Å². The van der Waals surface area contributed by atoms with Crippen LogP contribution in [0.2, 0.25) is 0 Å². The fourth-order valence-electron chi connectivity index (χ4n) is 3.97. The highest BCUT2D eigenvalue weighted by molar-refractivity contribution is 7.89. The average molecular weight is 402 g/mol. The third kappa shape index (κ3) is 4.76. The summed E-state index contributed by atoms with van der Waals surface area (Å²) in [6, 6.07) is 15.5. The Kier molecular flexibility index (Phi) is 7.13. The first kappa shape index (κ1) is 20.9. The maximum atomic E-state index is 13.0. The number of rotatable bonds is 8. The van der Waals surface area contributed by atoms with Gasteiger partial charge in [-0.2, -0.15) is 4.31 Å². The van der Waals surface area contributed by atoms with Gasteiger partial charge < -0.3 is 4.74 Å². The van der Waals surface area contributed by atoms with Crippen LogP contribution in [0.1, 0.15) is 56.1 Å². The number of aryl methyl sites for hydroxylation is 1. The van der Waals surface area contributed by atoms with Gasteiger partial charge in [0.1, 0.15) is 5.75 Å². The molecule has 0 atom stereocenters. The van der Waals surface area contributed by atoms with E-state index in [1.165, 1.54) is 24.0 Å². The molecule has 1 heterocycles. The van der Waals surface area contributed by atoms with Crippen LogP contribution in [0.15, 0.2) is 53.4 Å². The lowest BCUT2D eigenvalue weighted by atomic mass is 9.89. The minimum Gasteiger partial charge on any atom is -0.496 e. The fraction of sp³-hybridized carbons (Fsp3) is 0.478. The molecule has 0 radical (unpaired) electrons. The summed E-state index contributed by atoms with van der Waals surface area (Å²) in [4.78, 5) is 0.405. The van der Waals surface area contributed by atoms with Gasteiger partial charge in [0.15, 0.2) is 0 Å². The van der Waals surface area contributed by atoms with Crippen molar-refractivity contribution in [1.29, 1.82) is 0 Å². The molecule has 0 aliphatic carbocycles. The first-order valence-electron chi connectivity index (χ1n) is 10.3. The van der Waals surface area contributed by atoms with E-state index in [-0.39, 0.29) is 0 Å². The average Bonchev–Trinajstić information content (AvgIpc) is 2.74. The smallest absolute Gasteiger partial charge is 0.243 e. The molecule has 152 valence electrons. The van der Waals surface area contributed by atoms with E-state index in [0.29, 0.717) is 23.9 Å². The Labute approximate surface area is 169 Å². The molecule has 28 heavy (non-hydrogen) atoms. The summed E-state index contributed by atoms with van der Waals surface area (Å²) < 4.78 is 33.2. The van der Waals surface area contributed by atoms with E-state index < -0.39 is 10.0 Å². The van der Waals surface area contributed by atoms with Crippen LogP contribution >= 0.6 is 0 Å². The van der Waals surface area contributed by atoms with Gasteiger partial charge in [-0.1, -0.05) is 50.1 Å². The standard InChI is InChI=1S/C23H31NO3S/c1-3-4-5-8-19-11-13-21(14-12-19)28(25,26)24-17-15-20(16-18-24)22-9-6-7-10-23(22)27-2/h6-7,9-14,20H,3-5,8,15-18H2,1-2H3. The summed E-state index contributed by atoms with van der Waals surface area (Å²) in [6.07, 6.45) is 6.19. The lowest BCUT2D eigenvalue weighted by molar-refractivity contribution is 0.313. The minimum atomic E-state index is -3.42. The summed E-state index contributed by atoms with van der Waals surface area (Å²) in [5, 5.41) is 0. The van der Waals surface area contributed by atoms with Crippen molar-refractivity contribution in [1.82, 2.24) is 4.31 Å². The highest BCUT2D eigenvalue weighted by Crippen LogP contribution is 2.35. The van der Waals surface area contributed by atoms with Crippen LogP contribution in [-0.2, 0) is 16.4 Å². The molecule has 0 aromatic heterocycles. The molecular weight excluding hydrogens is 370 g/mol. The second kappa shape index (κ2) is 9.57. The number of piperidine rings is 1. The molecule has 4 nitrogen and oxygen atoms in total. The van der Waals surface area contributed by atoms with Gasteiger partial charge in [-0.3, -0.25) is 0 Å². The minimum absolute atomic E-state index is 0.337. The lowest BCUT2D eigenvalue weighted by Gasteiger charge is -2.32. The number of unbranched alkanes of at least 4 members (excludes halogenated alkanes) is 2. The van der Waals surface area contributed by atoms with Crippen molar-refractivity contribution in [3.63, 3.8) is 0 Å². The number of nitrogens with zero attached hydrogens (tertiary/aromatic N) is 1. The van der Waals surface area contributed by atoms with Crippen molar-refractivity contribution in [2.75, 3.05) is 20.2 Å². The molecule has 0 unspecified atom stereocenters. The van der Waals surface area contributed by atoms with Crippen LogP contribution < -0.4 is 4.74 Å². The summed E-state index contributed by atoms with van der Waals surface area (Å²) in [5.41, 5.74) is 2.39. The van der Waals surface area contributed by atoms with Gasteiger partial charge in [-0.05, 0) is 60.9 Å². The SMILES string of the molecule is CCCCCc1ccc(S(=O)(=O)N2CCC(c3ccccc3OC)CC2)cc1. The summed E-state index contributed by atoms with van der Waals surface area (Å²) >= 11 is 0. The van der Waals surface area contributed by atoms with E-state index in [4.69, 9.17) is 4.74 Å². The molecule has 1 aliphatic rings.